The van der Waals surface area contributed by atoms with E-state index in [1.807, 2.05) is 0 Å². The Hall–Kier alpha value is -0.770. The average Bonchev–Trinajstić information content (AvgIpc) is 2.80. The molecular weight excluding hydrogens is 200 g/mol. The molecule has 4 nitrogen and oxygen atoms in total. The van der Waals surface area contributed by atoms with E-state index in [1.165, 1.54) is 38.5 Å². The molecule has 0 aromatic carbocycles. The van der Waals surface area contributed by atoms with Crippen LogP contribution in [0.25, 0.3) is 0 Å². The van der Waals surface area contributed by atoms with Gasteiger partial charge in [-0.3, -0.25) is 5.43 Å². The zero-order chi connectivity index (χ0) is 11.8. The third kappa shape index (κ3) is 4.39. The summed E-state index contributed by atoms with van der Waals surface area (Å²) in [6, 6.07) is 0.957. The molecule has 0 amide bonds. The minimum absolute atomic E-state index is 0.470. The van der Waals surface area contributed by atoms with Crippen molar-refractivity contribution in [2.75, 3.05) is 0 Å². The van der Waals surface area contributed by atoms with E-state index in [-0.39, 0.29) is 0 Å². The Morgan fingerprint density at radius 3 is 2.56 bits per heavy atom. The monoisotopic (exact) mass is 226 g/mol. The highest BCUT2D eigenvalue weighted by molar-refractivity contribution is 5.79. The SMILES string of the molecule is CCCC(CC)NC(=NC1CCCC1)NN. The molecule has 0 bridgehead atoms. The number of hydrogen-bond donors (Lipinski definition) is 3. The Balaban J connectivity index is 2.45. The zero-order valence-corrected chi connectivity index (χ0v) is 10.6. The molecule has 16 heavy (non-hydrogen) atoms. The fourth-order valence-electron chi connectivity index (χ4n) is 2.25. The molecule has 1 atom stereocenters. The maximum atomic E-state index is 5.51. The van der Waals surface area contributed by atoms with Crippen molar-refractivity contribution in [2.45, 2.75) is 70.9 Å². The van der Waals surface area contributed by atoms with Crippen molar-refractivity contribution >= 4 is 5.96 Å². The number of hydrazine groups is 1. The Morgan fingerprint density at radius 2 is 2.06 bits per heavy atom. The maximum Gasteiger partial charge on any atom is 0.206 e. The largest absolute Gasteiger partial charge is 0.353 e. The van der Waals surface area contributed by atoms with Gasteiger partial charge in [0.1, 0.15) is 0 Å². The van der Waals surface area contributed by atoms with Gasteiger partial charge in [-0.1, -0.05) is 33.1 Å². The second-order valence-electron chi connectivity index (χ2n) is 4.60. The number of nitrogens with two attached hydrogens (primary N) is 1. The van der Waals surface area contributed by atoms with Gasteiger partial charge < -0.3 is 5.32 Å². The molecule has 0 aromatic rings. The number of aliphatic imine (C=N–C) groups is 1. The topological polar surface area (TPSA) is 62.4 Å². The lowest BCUT2D eigenvalue weighted by Gasteiger charge is -2.19. The molecule has 1 aliphatic carbocycles. The van der Waals surface area contributed by atoms with Crippen LogP contribution < -0.4 is 16.6 Å². The highest BCUT2D eigenvalue weighted by Crippen LogP contribution is 2.20. The molecule has 0 saturated heterocycles. The van der Waals surface area contributed by atoms with Crippen LogP contribution in [-0.2, 0) is 0 Å². The third-order valence-corrected chi connectivity index (χ3v) is 3.24. The van der Waals surface area contributed by atoms with Crippen LogP contribution in [0.1, 0.15) is 58.8 Å². The van der Waals surface area contributed by atoms with Crippen LogP contribution in [0.2, 0.25) is 0 Å². The summed E-state index contributed by atoms with van der Waals surface area (Å²) >= 11 is 0. The van der Waals surface area contributed by atoms with E-state index in [2.05, 4.69) is 29.6 Å². The van der Waals surface area contributed by atoms with Gasteiger partial charge in [0, 0.05) is 6.04 Å². The molecule has 0 radical (unpaired) electrons. The summed E-state index contributed by atoms with van der Waals surface area (Å²) in [4.78, 5) is 4.63. The molecule has 0 spiro atoms. The molecule has 1 unspecified atom stereocenters. The van der Waals surface area contributed by atoms with Crippen molar-refractivity contribution in [1.82, 2.24) is 10.7 Å². The Morgan fingerprint density at radius 1 is 1.38 bits per heavy atom. The Bertz CT molecular complexity index is 209. The molecule has 1 fully saturated rings. The van der Waals surface area contributed by atoms with Gasteiger partial charge in [0.15, 0.2) is 0 Å². The van der Waals surface area contributed by atoms with Gasteiger partial charge in [-0.05, 0) is 25.7 Å². The fraction of sp³-hybridized carbons (Fsp3) is 0.917. The van der Waals surface area contributed by atoms with E-state index in [4.69, 9.17) is 5.84 Å². The van der Waals surface area contributed by atoms with Gasteiger partial charge in [-0.2, -0.15) is 0 Å². The van der Waals surface area contributed by atoms with Crippen LogP contribution in [0, 0.1) is 0 Å². The zero-order valence-electron chi connectivity index (χ0n) is 10.6. The molecule has 4 N–H and O–H groups in total. The molecule has 1 rings (SSSR count). The van der Waals surface area contributed by atoms with Gasteiger partial charge in [0.25, 0.3) is 0 Å². The van der Waals surface area contributed by atoms with Crippen molar-refractivity contribution in [3.05, 3.63) is 0 Å². The first-order valence-corrected chi connectivity index (χ1v) is 6.61. The van der Waals surface area contributed by atoms with Crippen molar-refractivity contribution in [2.24, 2.45) is 10.8 Å². The van der Waals surface area contributed by atoms with E-state index >= 15 is 0 Å². The summed E-state index contributed by atoms with van der Waals surface area (Å²) in [7, 11) is 0. The van der Waals surface area contributed by atoms with Crippen molar-refractivity contribution in [3.8, 4) is 0 Å². The predicted octanol–water partition coefficient (Wildman–Crippen LogP) is 1.92. The summed E-state index contributed by atoms with van der Waals surface area (Å²) in [5.41, 5.74) is 2.69. The number of nitrogens with one attached hydrogen (secondary N) is 2. The first-order valence-electron chi connectivity index (χ1n) is 6.61. The number of guanidine groups is 1. The highest BCUT2D eigenvalue weighted by atomic mass is 15.3. The summed E-state index contributed by atoms with van der Waals surface area (Å²) in [6.07, 6.45) is 8.49. The van der Waals surface area contributed by atoms with Crippen LogP contribution in [0.15, 0.2) is 4.99 Å². The van der Waals surface area contributed by atoms with Crippen molar-refractivity contribution in [3.63, 3.8) is 0 Å². The van der Waals surface area contributed by atoms with Gasteiger partial charge in [0.2, 0.25) is 5.96 Å². The third-order valence-electron chi connectivity index (χ3n) is 3.24. The van der Waals surface area contributed by atoms with E-state index in [0.717, 1.165) is 12.4 Å². The fourth-order valence-corrected chi connectivity index (χ4v) is 2.25. The lowest BCUT2D eigenvalue weighted by molar-refractivity contribution is 0.525. The normalized spacial score (nSPS) is 19.8. The van der Waals surface area contributed by atoms with Gasteiger partial charge >= 0.3 is 0 Å². The quantitative estimate of drug-likeness (QED) is 0.290. The Kier molecular flexibility index (Phi) is 6.23. The number of nitrogens with zero attached hydrogens (tertiary/aromatic N) is 1. The van der Waals surface area contributed by atoms with Gasteiger partial charge in [-0.25, -0.2) is 10.8 Å². The first-order chi connectivity index (χ1) is 7.80. The molecule has 1 saturated carbocycles. The van der Waals surface area contributed by atoms with Crippen LogP contribution in [0.3, 0.4) is 0 Å². The minimum Gasteiger partial charge on any atom is -0.353 e. The van der Waals surface area contributed by atoms with E-state index in [0.29, 0.717) is 12.1 Å². The molecule has 94 valence electrons. The lowest BCUT2D eigenvalue weighted by Crippen LogP contribution is -2.46. The van der Waals surface area contributed by atoms with E-state index in [9.17, 15) is 0 Å². The van der Waals surface area contributed by atoms with Crippen LogP contribution in [0.5, 0.6) is 0 Å². The van der Waals surface area contributed by atoms with E-state index < -0.39 is 0 Å². The van der Waals surface area contributed by atoms with Gasteiger partial charge in [-0.15, -0.1) is 0 Å². The second-order valence-corrected chi connectivity index (χ2v) is 4.60. The number of rotatable bonds is 5. The molecule has 0 aromatic heterocycles. The van der Waals surface area contributed by atoms with Crippen LogP contribution >= 0.6 is 0 Å². The van der Waals surface area contributed by atoms with Crippen molar-refractivity contribution < 1.29 is 0 Å². The predicted molar refractivity (Wildman–Crippen MR) is 69.1 cm³/mol. The second kappa shape index (κ2) is 7.49. The Labute approximate surface area is 99.1 Å². The molecule has 0 heterocycles. The summed E-state index contributed by atoms with van der Waals surface area (Å²) in [6.45, 7) is 4.39. The standard InChI is InChI=1S/C12H26N4/c1-3-7-10(4-2)14-12(16-13)15-11-8-5-6-9-11/h10-11H,3-9,13H2,1-2H3,(H2,14,15,16). The van der Waals surface area contributed by atoms with Crippen molar-refractivity contribution in [1.29, 1.82) is 0 Å². The average molecular weight is 226 g/mol. The number of hydrogen-bond acceptors (Lipinski definition) is 2. The highest BCUT2D eigenvalue weighted by Gasteiger charge is 2.15. The molecular formula is C12H26N4. The maximum absolute atomic E-state index is 5.51. The minimum atomic E-state index is 0.470. The van der Waals surface area contributed by atoms with Crippen LogP contribution in [-0.4, -0.2) is 18.0 Å². The molecule has 0 aliphatic heterocycles. The summed E-state index contributed by atoms with van der Waals surface area (Å²) in [5.74, 6) is 6.28. The van der Waals surface area contributed by atoms with Gasteiger partial charge in [0.05, 0.1) is 6.04 Å². The molecule has 4 heteroatoms. The summed E-state index contributed by atoms with van der Waals surface area (Å²) < 4.78 is 0. The smallest absolute Gasteiger partial charge is 0.206 e. The van der Waals surface area contributed by atoms with Crippen LogP contribution in [0.4, 0.5) is 0 Å². The van der Waals surface area contributed by atoms with E-state index in [1.54, 1.807) is 0 Å². The summed E-state index contributed by atoms with van der Waals surface area (Å²) in [5, 5.41) is 3.40. The first kappa shape index (κ1) is 13.3. The molecule has 1 aliphatic rings. The lowest BCUT2D eigenvalue weighted by atomic mass is 10.1.